The van der Waals surface area contributed by atoms with Crippen molar-refractivity contribution in [2.45, 2.75) is 12.5 Å². The highest BCUT2D eigenvalue weighted by molar-refractivity contribution is 6.17. The van der Waals surface area contributed by atoms with Gasteiger partial charge in [0.05, 0.1) is 35.4 Å². The van der Waals surface area contributed by atoms with Crippen LogP contribution in [0.3, 0.4) is 0 Å². The number of aromatic amines is 2. The van der Waals surface area contributed by atoms with Gasteiger partial charge in [-0.3, -0.25) is 9.78 Å². The van der Waals surface area contributed by atoms with Crippen LogP contribution in [-0.2, 0) is 11.2 Å². The van der Waals surface area contributed by atoms with Gasteiger partial charge in [-0.25, -0.2) is 4.98 Å². The highest BCUT2D eigenvalue weighted by Gasteiger charge is 2.27. The Labute approximate surface area is 194 Å². The molecular weight excluding hydrogens is 428 g/mol. The van der Waals surface area contributed by atoms with Crippen LogP contribution in [-0.4, -0.2) is 46.0 Å². The number of nitrogens with zero attached hydrogens (tertiary/aromatic N) is 2. The van der Waals surface area contributed by atoms with Gasteiger partial charge in [0.25, 0.3) is 0 Å². The van der Waals surface area contributed by atoms with Crippen molar-refractivity contribution in [3.05, 3.63) is 78.4 Å². The lowest BCUT2D eigenvalue weighted by Crippen LogP contribution is -2.27. The lowest BCUT2D eigenvalue weighted by molar-refractivity contribution is 0.0601. The molecule has 0 saturated heterocycles. The highest BCUT2D eigenvalue weighted by Crippen LogP contribution is 2.35. The zero-order chi connectivity index (χ0) is 23.2. The summed E-state index contributed by atoms with van der Waals surface area (Å²) in [5.41, 5.74) is 4.60. The smallest absolute Gasteiger partial charge is 0.212 e. The summed E-state index contributed by atoms with van der Waals surface area (Å²) in [6.45, 7) is 0. The number of ether oxygens (including phenoxy) is 2. The number of methoxy groups -OCH3 is 2. The number of fused-ring (bicyclic) bond motifs is 6. The molecule has 7 nitrogen and oxygen atoms in total. The van der Waals surface area contributed by atoms with E-state index in [0.717, 1.165) is 43.8 Å². The molecule has 0 amide bonds. The van der Waals surface area contributed by atoms with Gasteiger partial charge >= 0.3 is 0 Å². The van der Waals surface area contributed by atoms with Crippen LogP contribution in [0.2, 0.25) is 0 Å². The molecule has 0 radical (unpaired) electrons. The lowest BCUT2D eigenvalue weighted by atomic mass is 10.0. The fourth-order valence-electron chi connectivity index (χ4n) is 4.77. The number of para-hydroxylation sites is 2. The maximum atomic E-state index is 13.7. The molecule has 1 atom stereocenters. The molecular formula is C27H22N4O3. The largest absolute Gasteiger partial charge is 0.494 e. The predicted molar refractivity (Wildman–Crippen MR) is 133 cm³/mol. The second-order valence-corrected chi connectivity index (χ2v) is 8.24. The maximum Gasteiger partial charge on any atom is 0.212 e. The number of rotatable bonds is 6. The Morgan fingerprint density at radius 1 is 0.882 bits per heavy atom. The van der Waals surface area contributed by atoms with Gasteiger partial charge < -0.3 is 19.4 Å². The Hall–Kier alpha value is -4.23. The molecule has 168 valence electrons. The average molecular weight is 450 g/mol. The van der Waals surface area contributed by atoms with Crippen molar-refractivity contribution in [3.8, 4) is 5.75 Å². The third kappa shape index (κ3) is 3.05. The molecule has 6 aromatic rings. The van der Waals surface area contributed by atoms with Gasteiger partial charge in [-0.1, -0.05) is 36.4 Å². The van der Waals surface area contributed by atoms with Gasteiger partial charge in [-0.05, 0) is 18.2 Å². The van der Waals surface area contributed by atoms with Gasteiger partial charge in [0.15, 0.2) is 0 Å². The van der Waals surface area contributed by atoms with E-state index in [2.05, 4.69) is 26.0 Å². The lowest BCUT2D eigenvalue weighted by Gasteiger charge is -2.15. The van der Waals surface area contributed by atoms with E-state index in [-0.39, 0.29) is 5.78 Å². The van der Waals surface area contributed by atoms with Gasteiger partial charge in [-0.15, -0.1) is 0 Å². The van der Waals surface area contributed by atoms with Gasteiger partial charge in [-0.2, -0.15) is 0 Å². The number of H-pyrrole nitrogens is 2. The van der Waals surface area contributed by atoms with E-state index >= 15 is 0 Å². The van der Waals surface area contributed by atoms with E-state index in [4.69, 9.17) is 9.47 Å². The molecule has 7 heteroatoms. The molecule has 4 aromatic heterocycles. The summed E-state index contributed by atoms with van der Waals surface area (Å²) in [5, 5.41) is 4.01. The van der Waals surface area contributed by atoms with Crippen molar-refractivity contribution in [3.63, 3.8) is 0 Å². The summed E-state index contributed by atoms with van der Waals surface area (Å²) in [4.78, 5) is 29.5. The molecule has 0 aliphatic heterocycles. The number of pyridine rings is 2. The van der Waals surface area contributed by atoms with Crippen LogP contribution in [0.15, 0.2) is 67.0 Å². The first-order chi connectivity index (χ1) is 16.7. The summed E-state index contributed by atoms with van der Waals surface area (Å²) in [6.07, 6.45) is 2.94. The van der Waals surface area contributed by atoms with Crippen LogP contribution >= 0.6 is 0 Å². The topological polar surface area (TPSA) is 92.9 Å². The minimum atomic E-state index is -0.750. The SMILES string of the molecule is COc1cnc(C(=O)[C@H](Cc2nccc3c2[nH]c2ccccc23)OC)c2[nH]c3ccccc3c12. The minimum Gasteiger partial charge on any atom is -0.494 e. The third-order valence-electron chi connectivity index (χ3n) is 6.42. The first kappa shape index (κ1) is 20.4. The van der Waals surface area contributed by atoms with Gasteiger partial charge in [0.1, 0.15) is 17.5 Å². The quantitative estimate of drug-likeness (QED) is 0.341. The molecule has 6 rings (SSSR count). The third-order valence-corrected chi connectivity index (χ3v) is 6.42. The second-order valence-electron chi connectivity index (χ2n) is 8.24. The molecule has 2 aromatic carbocycles. The summed E-state index contributed by atoms with van der Waals surface area (Å²) >= 11 is 0. The number of carbonyl (C=O) groups excluding carboxylic acids is 1. The normalized spacial score (nSPS) is 12.6. The van der Waals surface area contributed by atoms with Crippen LogP contribution in [0.1, 0.15) is 16.2 Å². The molecule has 2 N–H and O–H groups in total. The number of ketones is 1. The molecule has 0 spiro atoms. The highest BCUT2D eigenvalue weighted by atomic mass is 16.5. The Balaban J connectivity index is 1.44. The number of hydrogen-bond acceptors (Lipinski definition) is 5. The molecule has 0 aliphatic rings. The summed E-state index contributed by atoms with van der Waals surface area (Å²) in [6, 6.07) is 18.0. The Bertz CT molecular complexity index is 1700. The standard InChI is InChI=1S/C27H22N4O3/c1-33-21(13-20-24-16(11-12-28-20)15-7-3-5-9-18(15)30-24)27(32)26-25-23(22(34-2)14-29-26)17-8-4-6-10-19(17)31-25/h3-12,14,21,30-31H,13H2,1-2H3/t21-/m0/s1. The van der Waals surface area contributed by atoms with Crippen LogP contribution in [0.25, 0.3) is 43.6 Å². The Morgan fingerprint density at radius 3 is 2.35 bits per heavy atom. The number of hydrogen-bond donors (Lipinski definition) is 2. The van der Waals surface area contributed by atoms with Gasteiger partial charge in [0, 0.05) is 46.9 Å². The van der Waals surface area contributed by atoms with Crippen LogP contribution < -0.4 is 4.74 Å². The fraction of sp³-hybridized carbons (Fsp3) is 0.148. The molecule has 0 fully saturated rings. The molecule has 4 heterocycles. The van der Waals surface area contributed by atoms with Crippen molar-refractivity contribution in [2.75, 3.05) is 14.2 Å². The van der Waals surface area contributed by atoms with Crippen molar-refractivity contribution >= 4 is 49.4 Å². The fourth-order valence-corrected chi connectivity index (χ4v) is 4.77. The molecule has 0 aliphatic carbocycles. The Morgan fingerprint density at radius 2 is 1.59 bits per heavy atom. The van der Waals surface area contributed by atoms with E-state index in [1.165, 1.54) is 0 Å². The molecule has 0 unspecified atom stereocenters. The van der Waals surface area contributed by atoms with Crippen molar-refractivity contribution in [1.82, 2.24) is 19.9 Å². The Kier molecular flexibility index (Phi) is 4.78. The summed E-state index contributed by atoms with van der Waals surface area (Å²) < 4.78 is 11.2. The van der Waals surface area contributed by atoms with Crippen molar-refractivity contribution in [2.24, 2.45) is 0 Å². The average Bonchev–Trinajstić information content (AvgIpc) is 3.46. The molecule has 34 heavy (non-hydrogen) atoms. The van der Waals surface area contributed by atoms with Crippen LogP contribution in [0, 0.1) is 0 Å². The van der Waals surface area contributed by atoms with Gasteiger partial charge in [0.2, 0.25) is 5.78 Å². The zero-order valence-electron chi connectivity index (χ0n) is 18.8. The van der Waals surface area contributed by atoms with Crippen molar-refractivity contribution < 1.29 is 14.3 Å². The minimum absolute atomic E-state index is 0.211. The number of Topliss-reactive ketones (excluding diaryl/α,β-unsaturated/α-hetero) is 1. The first-order valence-corrected chi connectivity index (χ1v) is 11.0. The maximum absolute atomic E-state index is 13.7. The monoisotopic (exact) mass is 450 g/mol. The van der Waals surface area contributed by atoms with Crippen LogP contribution in [0.5, 0.6) is 5.75 Å². The van der Waals surface area contributed by atoms with E-state index in [1.54, 1.807) is 26.6 Å². The summed E-state index contributed by atoms with van der Waals surface area (Å²) in [5.74, 6) is 0.402. The zero-order valence-corrected chi connectivity index (χ0v) is 18.8. The van der Waals surface area contributed by atoms with E-state index in [0.29, 0.717) is 23.4 Å². The predicted octanol–water partition coefficient (Wildman–Crippen LogP) is 5.19. The van der Waals surface area contributed by atoms with E-state index < -0.39 is 6.10 Å². The number of nitrogens with one attached hydrogen (secondary N) is 2. The molecule has 0 bridgehead atoms. The second kappa shape index (κ2) is 7.97. The van der Waals surface area contributed by atoms with E-state index in [9.17, 15) is 4.79 Å². The number of carbonyl (C=O) groups is 1. The first-order valence-electron chi connectivity index (χ1n) is 11.0. The number of aromatic nitrogens is 4. The van der Waals surface area contributed by atoms with Crippen molar-refractivity contribution in [1.29, 1.82) is 0 Å². The van der Waals surface area contributed by atoms with Crippen LogP contribution in [0.4, 0.5) is 0 Å². The van der Waals surface area contributed by atoms with E-state index in [1.807, 2.05) is 48.5 Å². The molecule has 0 saturated carbocycles. The summed E-state index contributed by atoms with van der Waals surface area (Å²) in [7, 11) is 3.14. The number of benzene rings is 2.